The first-order chi connectivity index (χ1) is 6.19. The van der Waals surface area contributed by atoms with E-state index in [1.807, 2.05) is 6.92 Å². The predicted molar refractivity (Wildman–Crippen MR) is 53.8 cm³/mol. The number of alkyl halides is 1. The number of aryl methyl sites for hydroxylation is 1. The van der Waals surface area contributed by atoms with Crippen LogP contribution in [-0.2, 0) is 12.4 Å². The number of rotatable bonds is 4. The lowest BCUT2D eigenvalue weighted by Gasteiger charge is -2.11. The Balaban J connectivity index is 2.79. The lowest BCUT2D eigenvalue weighted by molar-refractivity contribution is 0.454. The molecule has 1 heterocycles. The van der Waals surface area contributed by atoms with Gasteiger partial charge in [-0.1, -0.05) is 20.3 Å². The summed E-state index contributed by atoms with van der Waals surface area (Å²) in [6.07, 6.45) is 1.17. The molecule has 0 aliphatic rings. The van der Waals surface area contributed by atoms with Crippen molar-refractivity contribution >= 4 is 11.6 Å². The van der Waals surface area contributed by atoms with E-state index in [1.165, 1.54) is 6.42 Å². The van der Waals surface area contributed by atoms with Crippen LogP contribution in [0.2, 0.25) is 0 Å². The Bertz CT molecular complexity index is 270. The Kier molecular flexibility index (Phi) is 3.72. The van der Waals surface area contributed by atoms with Crippen molar-refractivity contribution in [2.75, 3.05) is 0 Å². The third-order valence-electron chi connectivity index (χ3n) is 2.32. The Labute approximate surface area is 84.1 Å². The smallest absolute Gasteiger partial charge is 0.147 e. The van der Waals surface area contributed by atoms with Crippen LogP contribution in [0.1, 0.15) is 31.9 Å². The van der Waals surface area contributed by atoms with Gasteiger partial charge in [0.2, 0.25) is 0 Å². The van der Waals surface area contributed by atoms with Gasteiger partial charge in [-0.05, 0) is 12.8 Å². The lowest BCUT2D eigenvalue weighted by Crippen LogP contribution is -2.10. The van der Waals surface area contributed by atoms with E-state index in [2.05, 4.69) is 28.6 Å². The van der Waals surface area contributed by atoms with Crippen molar-refractivity contribution in [2.45, 2.75) is 39.6 Å². The van der Waals surface area contributed by atoms with Crippen molar-refractivity contribution < 1.29 is 0 Å². The zero-order valence-corrected chi connectivity index (χ0v) is 9.17. The highest BCUT2D eigenvalue weighted by Gasteiger charge is 2.09. The number of nitrogens with zero attached hydrogens (tertiary/aromatic N) is 3. The minimum Gasteiger partial charge on any atom is -0.314 e. The average molecular weight is 202 g/mol. The molecule has 0 radical (unpaired) electrons. The van der Waals surface area contributed by atoms with E-state index in [0.717, 1.165) is 18.2 Å². The van der Waals surface area contributed by atoms with E-state index in [0.29, 0.717) is 11.8 Å². The highest BCUT2D eigenvalue weighted by atomic mass is 35.5. The third-order valence-corrected chi connectivity index (χ3v) is 2.56. The van der Waals surface area contributed by atoms with Gasteiger partial charge in [-0.2, -0.15) is 0 Å². The van der Waals surface area contributed by atoms with Gasteiger partial charge in [-0.3, -0.25) is 0 Å². The third kappa shape index (κ3) is 2.44. The molecule has 0 amide bonds. The van der Waals surface area contributed by atoms with Gasteiger partial charge in [-0.15, -0.1) is 21.8 Å². The quantitative estimate of drug-likeness (QED) is 0.701. The molecule has 0 aromatic carbocycles. The van der Waals surface area contributed by atoms with Gasteiger partial charge in [0.1, 0.15) is 11.6 Å². The topological polar surface area (TPSA) is 30.7 Å². The molecule has 0 N–H and O–H groups in total. The fourth-order valence-corrected chi connectivity index (χ4v) is 1.40. The van der Waals surface area contributed by atoms with Crippen molar-refractivity contribution in [3.8, 4) is 0 Å². The normalized spacial score (nSPS) is 13.2. The molecular formula is C9H16ClN3. The molecule has 0 aliphatic carbocycles. The van der Waals surface area contributed by atoms with Crippen LogP contribution in [0.15, 0.2) is 0 Å². The second-order valence-electron chi connectivity index (χ2n) is 3.42. The van der Waals surface area contributed by atoms with Crippen LogP contribution in [0.4, 0.5) is 0 Å². The van der Waals surface area contributed by atoms with E-state index in [-0.39, 0.29) is 0 Å². The summed E-state index contributed by atoms with van der Waals surface area (Å²) in [5, 5.41) is 8.01. The van der Waals surface area contributed by atoms with Gasteiger partial charge in [0, 0.05) is 6.54 Å². The van der Waals surface area contributed by atoms with Crippen LogP contribution in [0, 0.1) is 12.8 Å². The van der Waals surface area contributed by atoms with E-state index in [9.17, 15) is 0 Å². The summed E-state index contributed by atoms with van der Waals surface area (Å²) in [5.41, 5.74) is 0. The summed E-state index contributed by atoms with van der Waals surface area (Å²) in [7, 11) is 0. The van der Waals surface area contributed by atoms with Gasteiger partial charge in [0.05, 0.1) is 5.88 Å². The zero-order chi connectivity index (χ0) is 9.84. The summed E-state index contributed by atoms with van der Waals surface area (Å²) >= 11 is 5.75. The molecule has 1 rings (SSSR count). The predicted octanol–water partition coefficient (Wildman–Crippen LogP) is 2.37. The van der Waals surface area contributed by atoms with Crippen LogP contribution in [-0.4, -0.2) is 14.8 Å². The minimum atomic E-state index is 0.442. The number of halogens is 1. The first kappa shape index (κ1) is 10.5. The van der Waals surface area contributed by atoms with Gasteiger partial charge >= 0.3 is 0 Å². The van der Waals surface area contributed by atoms with Crippen molar-refractivity contribution in [1.82, 2.24) is 14.8 Å². The van der Waals surface area contributed by atoms with E-state index < -0.39 is 0 Å². The van der Waals surface area contributed by atoms with Gasteiger partial charge in [0.15, 0.2) is 0 Å². The Hall–Kier alpha value is -0.570. The van der Waals surface area contributed by atoms with Crippen LogP contribution in [0.3, 0.4) is 0 Å². The van der Waals surface area contributed by atoms with Crippen molar-refractivity contribution in [3.05, 3.63) is 11.6 Å². The fourth-order valence-electron chi connectivity index (χ4n) is 1.20. The van der Waals surface area contributed by atoms with Crippen LogP contribution < -0.4 is 0 Å². The molecule has 13 heavy (non-hydrogen) atoms. The Morgan fingerprint density at radius 2 is 2.15 bits per heavy atom. The van der Waals surface area contributed by atoms with E-state index >= 15 is 0 Å². The molecule has 0 bridgehead atoms. The first-order valence-corrected chi connectivity index (χ1v) is 5.17. The summed E-state index contributed by atoms with van der Waals surface area (Å²) in [5.74, 6) is 2.92. The average Bonchev–Trinajstić information content (AvgIpc) is 2.48. The van der Waals surface area contributed by atoms with Crippen LogP contribution in [0.25, 0.3) is 0 Å². The molecule has 1 aromatic heterocycles. The molecule has 1 aromatic rings. The molecule has 4 heteroatoms. The molecule has 0 fully saturated rings. The van der Waals surface area contributed by atoms with Crippen LogP contribution >= 0.6 is 11.6 Å². The van der Waals surface area contributed by atoms with Gasteiger partial charge in [0.25, 0.3) is 0 Å². The Morgan fingerprint density at radius 1 is 1.46 bits per heavy atom. The van der Waals surface area contributed by atoms with Crippen LogP contribution in [0.5, 0.6) is 0 Å². The zero-order valence-electron chi connectivity index (χ0n) is 8.42. The molecule has 0 spiro atoms. The molecular weight excluding hydrogens is 186 g/mol. The molecule has 0 aliphatic heterocycles. The van der Waals surface area contributed by atoms with Gasteiger partial charge in [-0.25, -0.2) is 0 Å². The second kappa shape index (κ2) is 4.61. The molecule has 3 nitrogen and oxygen atoms in total. The minimum absolute atomic E-state index is 0.442. The first-order valence-electron chi connectivity index (χ1n) is 4.63. The summed E-state index contributed by atoms with van der Waals surface area (Å²) < 4.78 is 2.10. The largest absolute Gasteiger partial charge is 0.314 e. The lowest BCUT2D eigenvalue weighted by atomic mass is 10.1. The molecule has 74 valence electrons. The summed E-state index contributed by atoms with van der Waals surface area (Å²) in [4.78, 5) is 0. The molecule has 1 atom stereocenters. The van der Waals surface area contributed by atoms with E-state index in [4.69, 9.17) is 11.6 Å². The maximum absolute atomic E-state index is 5.75. The number of hydrogen-bond donors (Lipinski definition) is 0. The molecule has 0 saturated heterocycles. The van der Waals surface area contributed by atoms with Crippen molar-refractivity contribution in [3.63, 3.8) is 0 Å². The fraction of sp³-hybridized carbons (Fsp3) is 0.778. The van der Waals surface area contributed by atoms with Gasteiger partial charge < -0.3 is 4.57 Å². The summed E-state index contributed by atoms with van der Waals surface area (Å²) in [6.45, 7) is 7.34. The maximum atomic E-state index is 5.75. The Morgan fingerprint density at radius 3 is 2.69 bits per heavy atom. The monoisotopic (exact) mass is 201 g/mol. The number of aromatic nitrogens is 3. The van der Waals surface area contributed by atoms with Crippen molar-refractivity contribution in [2.24, 2.45) is 5.92 Å². The number of hydrogen-bond acceptors (Lipinski definition) is 2. The van der Waals surface area contributed by atoms with Crippen molar-refractivity contribution in [1.29, 1.82) is 0 Å². The molecule has 0 saturated carbocycles. The highest BCUT2D eigenvalue weighted by Crippen LogP contribution is 2.10. The highest BCUT2D eigenvalue weighted by molar-refractivity contribution is 6.16. The summed E-state index contributed by atoms with van der Waals surface area (Å²) in [6, 6.07) is 0. The standard InChI is InChI=1S/C9H16ClN3/c1-4-7(2)6-13-8(3)11-12-9(13)5-10/h7H,4-6H2,1-3H3. The second-order valence-corrected chi connectivity index (χ2v) is 3.69. The van der Waals surface area contributed by atoms with E-state index in [1.54, 1.807) is 0 Å². The SMILES string of the molecule is CCC(C)Cn1c(C)nnc1CCl. The maximum Gasteiger partial charge on any atom is 0.147 e. The molecule has 1 unspecified atom stereocenters.